The van der Waals surface area contributed by atoms with Gasteiger partial charge in [0.25, 0.3) is 0 Å². The Hall–Kier alpha value is -2.58. The Bertz CT molecular complexity index is 1030. The average molecular weight is 442 g/mol. The van der Waals surface area contributed by atoms with Gasteiger partial charge in [-0.3, -0.25) is 4.79 Å². The van der Waals surface area contributed by atoms with E-state index in [1.807, 2.05) is 26.2 Å². The molecule has 0 bridgehead atoms. The van der Waals surface area contributed by atoms with Crippen molar-refractivity contribution in [2.45, 2.75) is 19.3 Å². The molecule has 0 saturated carbocycles. The first-order chi connectivity index (χ1) is 15.0. The fraction of sp³-hybridized carbons (Fsp3) is 0.435. The number of thiazole rings is 1. The highest BCUT2D eigenvalue weighted by molar-refractivity contribution is 7.21. The number of rotatable bonds is 7. The summed E-state index contributed by atoms with van der Waals surface area (Å²) in [6, 6.07) is 10.3. The molecule has 0 spiro atoms. The lowest BCUT2D eigenvalue weighted by Gasteiger charge is -2.31. The first-order valence-electron chi connectivity index (χ1n) is 10.7. The Morgan fingerprint density at radius 2 is 1.90 bits per heavy atom. The number of hydrogen-bond acceptors (Lipinski definition) is 6. The lowest BCUT2D eigenvalue weighted by molar-refractivity contribution is -0.125. The van der Waals surface area contributed by atoms with Gasteiger partial charge in [-0.05, 0) is 76.3 Å². The number of nitrogens with one attached hydrogen (secondary N) is 1. The van der Waals surface area contributed by atoms with Crippen LogP contribution in [0.15, 0.2) is 36.4 Å². The second-order valence-corrected chi connectivity index (χ2v) is 9.19. The predicted octanol–water partition coefficient (Wildman–Crippen LogP) is 3.78. The molecule has 3 heterocycles. The van der Waals surface area contributed by atoms with Gasteiger partial charge >= 0.3 is 0 Å². The topological polar surface area (TPSA) is 61.4 Å². The van der Waals surface area contributed by atoms with Crippen molar-refractivity contribution in [2.24, 2.45) is 5.92 Å². The van der Waals surface area contributed by atoms with Gasteiger partial charge in [0.05, 0.1) is 5.69 Å². The third-order valence-electron chi connectivity index (χ3n) is 5.60. The van der Waals surface area contributed by atoms with Gasteiger partial charge in [0.2, 0.25) is 5.91 Å². The summed E-state index contributed by atoms with van der Waals surface area (Å²) in [5.41, 5.74) is 2.56. The summed E-state index contributed by atoms with van der Waals surface area (Å²) in [6.07, 6.45) is 2.64. The lowest BCUT2D eigenvalue weighted by atomic mass is 9.96. The Balaban J connectivity index is 1.35. The van der Waals surface area contributed by atoms with Gasteiger partial charge < -0.3 is 15.1 Å². The largest absolute Gasteiger partial charge is 0.356 e. The number of aromatic nitrogens is 2. The zero-order chi connectivity index (χ0) is 21.8. The first kappa shape index (κ1) is 21.6. The molecule has 0 radical (unpaired) electrons. The molecule has 1 amide bonds. The summed E-state index contributed by atoms with van der Waals surface area (Å²) < 4.78 is 13.2. The van der Waals surface area contributed by atoms with Crippen LogP contribution in [0.5, 0.6) is 0 Å². The molecule has 164 valence electrons. The van der Waals surface area contributed by atoms with Crippen molar-refractivity contribution in [3.05, 3.63) is 42.2 Å². The SMILES string of the molecule is CN(C)CCCNC(=O)C1CCN(c2nc3ccc(-c4ccc(F)cc4)nc3s2)CC1. The number of anilines is 1. The zero-order valence-corrected chi connectivity index (χ0v) is 18.8. The number of fused-ring (bicyclic) bond motifs is 1. The van der Waals surface area contributed by atoms with Crippen molar-refractivity contribution >= 4 is 32.7 Å². The van der Waals surface area contributed by atoms with Crippen LogP contribution in [0.2, 0.25) is 0 Å². The molecule has 8 heteroatoms. The summed E-state index contributed by atoms with van der Waals surface area (Å²) >= 11 is 1.57. The van der Waals surface area contributed by atoms with E-state index >= 15 is 0 Å². The summed E-state index contributed by atoms with van der Waals surface area (Å²) in [6.45, 7) is 3.35. The van der Waals surface area contributed by atoms with E-state index in [4.69, 9.17) is 9.97 Å². The second kappa shape index (κ2) is 9.70. The van der Waals surface area contributed by atoms with Crippen LogP contribution in [-0.4, -0.2) is 61.0 Å². The minimum absolute atomic E-state index is 0.0770. The van der Waals surface area contributed by atoms with Crippen molar-refractivity contribution in [2.75, 3.05) is 45.2 Å². The van der Waals surface area contributed by atoms with Gasteiger partial charge in [0.1, 0.15) is 16.2 Å². The molecule has 2 aromatic heterocycles. The van der Waals surface area contributed by atoms with E-state index in [0.717, 1.165) is 72.2 Å². The fourth-order valence-electron chi connectivity index (χ4n) is 3.81. The standard InChI is InChI=1S/C23H28FN5OS/c1-28(2)13-3-12-25-21(30)17-10-14-29(15-11-17)23-27-20-9-8-19(26-22(20)31-23)16-4-6-18(24)7-5-16/h4-9,17H,3,10-15H2,1-2H3,(H,25,30). The Morgan fingerprint density at radius 1 is 1.16 bits per heavy atom. The van der Waals surface area contributed by atoms with Gasteiger partial charge in [-0.25, -0.2) is 14.4 Å². The van der Waals surface area contributed by atoms with Gasteiger partial charge in [-0.15, -0.1) is 0 Å². The van der Waals surface area contributed by atoms with Crippen LogP contribution < -0.4 is 10.2 Å². The highest BCUT2D eigenvalue weighted by Crippen LogP contribution is 2.32. The predicted molar refractivity (Wildman–Crippen MR) is 124 cm³/mol. The smallest absolute Gasteiger partial charge is 0.223 e. The fourth-order valence-corrected chi connectivity index (χ4v) is 4.80. The summed E-state index contributed by atoms with van der Waals surface area (Å²) in [4.78, 5) is 27.2. The average Bonchev–Trinajstić information content (AvgIpc) is 3.20. The molecular weight excluding hydrogens is 413 g/mol. The first-order valence-corrected chi connectivity index (χ1v) is 11.5. The maximum Gasteiger partial charge on any atom is 0.223 e. The third-order valence-corrected chi connectivity index (χ3v) is 6.63. The highest BCUT2D eigenvalue weighted by atomic mass is 32.1. The molecule has 0 atom stereocenters. The highest BCUT2D eigenvalue weighted by Gasteiger charge is 2.26. The second-order valence-electron chi connectivity index (χ2n) is 8.23. The molecule has 1 aliphatic rings. The molecule has 1 fully saturated rings. The summed E-state index contributed by atoms with van der Waals surface area (Å²) in [7, 11) is 4.08. The Morgan fingerprint density at radius 3 is 2.61 bits per heavy atom. The van der Waals surface area contributed by atoms with Gasteiger partial charge in [-0.2, -0.15) is 0 Å². The van der Waals surface area contributed by atoms with Crippen LogP contribution in [0, 0.1) is 11.7 Å². The quantitative estimate of drug-likeness (QED) is 0.566. The van der Waals surface area contributed by atoms with Crippen molar-refractivity contribution in [3.63, 3.8) is 0 Å². The molecule has 31 heavy (non-hydrogen) atoms. The lowest BCUT2D eigenvalue weighted by Crippen LogP contribution is -2.41. The molecule has 0 aliphatic carbocycles. The number of piperidine rings is 1. The number of hydrogen-bond donors (Lipinski definition) is 1. The minimum Gasteiger partial charge on any atom is -0.356 e. The van der Waals surface area contributed by atoms with E-state index in [1.54, 1.807) is 23.5 Å². The van der Waals surface area contributed by atoms with Crippen LogP contribution in [0.25, 0.3) is 21.6 Å². The van der Waals surface area contributed by atoms with Gasteiger partial charge in [0.15, 0.2) is 5.13 Å². The van der Waals surface area contributed by atoms with Crippen LogP contribution in [0.1, 0.15) is 19.3 Å². The number of benzene rings is 1. The van der Waals surface area contributed by atoms with Crippen LogP contribution in [0.3, 0.4) is 0 Å². The van der Waals surface area contributed by atoms with E-state index < -0.39 is 0 Å². The van der Waals surface area contributed by atoms with E-state index in [0.29, 0.717) is 0 Å². The molecule has 1 N–H and O–H groups in total. The number of halogens is 1. The number of amides is 1. The van der Waals surface area contributed by atoms with E-state index in [2.05, 4.69) is 15.1 Å². The number of carbonyl (C=O) groups excluding carboxylic acids is 1. The van der Waals surface area contributed by atoms with Gasteiger partial charge in [0, 0.05) is 31.1 Å². The normalized spacial score (nSPS) is 15.0. The zero-order valence-electron chi connectivity index (χ0n) is 18.0. The minimum atomic E-state index is -0.254. The molecule has 1 aliphatic heterocycles. The molecule has 3 aromatic rings. The van der Waals surface area contributed by atoms with E-state index in [-0.39, 0.29) is 17.6 Å². The molecule has 1 aromatic carbocycles. The summed E-state index contributed by atoms with van der Waals surface area (Å²) in [5.74, 6) is -0.00273. The molecule has 4 rings (SSSR count). The Labute approximate surface area is 186 Å². The molecule has 0 unspecified atom stereocenters. The van der Waals surface area contributed by atoms with Crippen LogP contribution >= 0.6 is 11.3 Å². The number of carbonyl (C=O) groups is 1. The van der Waals surface area contributed by atoms with Gasteiger partial charge in [-0.1, -0.05) is 11.3 Å². The molecule has 1 saturated heterocycles. The number of nitrogens with zero attached hydrogens (tertiary/aromatic N) is 4. The maximum atomic E-state index is 13.2. The summed E-state index contributed by atoms with van der Waals surface area (Å²) in [5, 5.41) is 4.03. The van der Waals surface area contributed by atoms with E-state index in [9.17, 15) is 9.18 Å². The van der Waals surface area contributed by atoms with Crippen LogP contribution in [-0.2, 0) is 4.79 Å². The van der Waals surface area contributed by atoms with Crippen molar-refractivity contribution in [1.29, 1.82) is 0 Å². The number of pyridine rings is 1. The van der Waals surface area contributed by atoms with Crippen molar-refractivity contribution in [1.82, 2.24) is 20.2 Å². The van der Waals surface area contributed by atoms with E-state index in [1.165, 1.54) is 12.1 Å². The van der Waals surface area contributed by atoms with Crippen molar-refractivity contribution in [3.8, 4) is 11.3 Å². The molecule has 6 nitrogen and oxygen atoms in total. The van der Waals surface area contributed by atoms with Crippen LogP contribution in [0.4, 0.5) is 9.52 Å². The Kier molecular flexibility index (Phi) is 6.77. The third kappa shape index (κ3) is 5.37. The monoisotopic (exact) mass is 441 g/mol. The van der Waals surface area contributed by atoms with Crippen molar-refractivity contribution < 1.29 is 9.18 Å². The molecular formula is C23H28FN5OS. The maximum absolute atomic E-state index is 13.2.